The summed E-state index contributed by atoms with van der Waals surface area (Å²) in [5.41, 5.74) is 2.65. The molecule has 2 N–H and O–H groups in total. The molecule has 1 aliphatic heterocycles. The van der Waals surface area contributed by atoms with E-state index in [4.69, 9.17) is 9.47 Å². The highest BCUT2D eigenvalue weighted by molar-refractivity contribution is 5.74. The van der Waals surface area contributed by atoms with Crippen molar-refractivity contribution in [3.05, 3.63) is 35.4 Å². The molecule has 1 fully saturated rings. The summed E-state index contributed by atoms with van der Waals surface area (Å²) in [5.74, 6) is 0.548. The van der Waals surface area contributed by atoms with Gasteiger partial charge in [-0.25, -0.2) is 4.79 Å². The zero-order valence-electron chi connectivity index (χ0n) is 15.0. The molecule has 1 heterocycles. The Bertz CT molecular complexity index is 543. The maximum Gasteiger partial charge on any atom is 0.315 e. The Morgan fingerprint density at radius 3 is 3.04 bits per heavy atom. The van der Waals surface area contributed by atoms with E-state index in [0.29, 0.717) is 19.1 Å². The fraction of sp³-hybridized carbons (Fsp3) is 0.650. The van der Waals surface area contributed by atoms with Crippen molar-refractivity contribution < 1.29 is 14.3 Å². The minimum atomic E-state index is -0.0779. The van der Waals surface area contributed by atoms with Crippen molar-refractivity contribution in [1.29, 1.82) is 0 Å². The van der Waals surface area contributed by atoms with Crippen LogP contribution in [0.25, 0.3) is 0 Å². The van der Waals surface area contributed by atoms with Crippen molar-refractivity contribution >= 4 is 6.03 Å². The third-order valence-corrected chi connectivity index (χ3v) is 5.05. The third-order valence-electron chi connectivity index (χ3n) is 5.05. The molecular formula is C20H30N2O3. The van der Waals surface area contributed by atoms with Crippen LogP contribution in [0.2, 0.25) is 0 Å². The number of urea groups is 1. The SMILES string of the molecule is O=C(NCCCOC[C@H]1CCOC1)N[C@@H]1CCCCc2ccccc21. The molecule has 0 saturated carbocycles. The van der Waals surface area contributed by atoms with Crippen LogP contribution in [0.3, 0.4) is 0 Å². The number of carbonyl (C=O) groups excluding carboxylic acids is 1. The molecule has 3 rings (SSSR count). The number of carbonyl (C=O) groups is 1. The molecule has 0 radical (unpaired) electrons. The normalized spacial score (nSPS) is 22.9. The van der Waals surface area contributed by atoms with E-state index in [1.165, 1.54) is 17.5 Å². The highest BCUT2D eigenvalue weighted by atomic mass is 16.5. The van der Waals surface area contributed by atoms with Gasteiger partial charge >= 0.3 is 6.03 Å². The van der Waals surface area contributed by atoms with Crippen LogP contribution in [0.1, 0.15) is 49.3 Å². The van der Waals surface area contributed by atoms with Crippen LogP contribution < -0.4 is 10.6 Å². The van der Waals surface area contributed by atoms with Crippen molar-refractivity contribution in [2.45, 2.75) is 44.6 Å². The molecule has 2 aliphatic rings. The van der Waals surface area contributed by atoms with Gasteiger partial charge in [-0.2, -0.15) is 0 Å². The summed E-state index contributed by atoms with van der Waals surface area (Å²) in [6, 6.07) is 8.51. The number of fused-ring (bicyclic) bond motifs is 1. The van der Waals surface area contributed by atoms with Crippen LogP contribution in [-0.2, 0) is 15.9 Å². The molecule has 1 saturated heterocycles. The lowest BCUT2D eigenvalue weighted by atomic mass is 9.99. The molecular weight excluding hydrogens is 316 g/mol. The van der Waals surface area contributed by atoms with Gasteiger partial charge < -0.3 is 20.1 Å². The van der Waals surface area contributed by atoms with Crippen LogP contribution in [0.15, 0.2) is 24.3 Å². The van der Waals surface area contributed by atoms with Crippen molar-refractivity contribution in [1.82, 2.24) is 10.6 Å². The molecule has 0 bridgehead atoms. The predicted molar refractivity (Wildman–Crippen MR) is 97.6 cm³/mol. The number of rotatable bonds is 7. The molecule has 25 heavy (non-hydrogen) atoms. The van der Waals surface area contributed by atoms with E-state index < -0.39 is 0 Å². The first-order valence-corrected chi connectivity index (χ1v) is 9.60. The fourth-order valence-electron chi connectivity index (χ4n) is 3.62. The largest absolute Gasteiger partial charge is 0.381 e. The average Bonchev–Trinajstić information content (AvgIpc) is 3.06. The summed E-state index contributed by atoms with van der Waals surface area (Å²) in [6.07, 6.45) is 6.40. The molecule has 0 aromatic heterocycles. The van der Waals surface area contributed by atoms with Gasteiger partial charge in [-0.15, -0.1) is 0 Å². The quantitative estimate of drug-likeness (QED) is 0.589. The standard InChI is InChI=1S/C20H30N2O3/c23-20(21-11-5-12-24-14-16-10-13-25-15-16)22-19-9-4-2-7-17-6-1-3-8-18(17)19/h1,3,6,8,16,19H,2,4-5,7,9-15H2,(H2,21,22,23)/t16-,19-/m1/s1. The second-order valence-electron chi connectivity index (χ2n) is 7.06. The number of amides is 2. The second-order valence-corrected chi connectivity index (χ2v) is 7.06. The Kier molecular flexibility index (Phi) is 7.12. The van der Waals surface area contributed by atoms with E-state index in [-0.39, 0.29) is 12.1 Å². The van der Waals surface area contributed by atoms with Gasteiger partial charge in [0.05, 0.1) is 19.3 Å². The Balaban J connectivity index is 1.33. The third kappa shape index (κ3) is 5.72. The topological polar surface area (TPSA) is 59.6 Å². The Labute approximate surface area is 150 Å². The van der Waals surface area contributed by atoms with Crippen LogP contribution in [0.4, 0.5) is 4.79 Å². The van der Waals surface area contributed by atoms with E-state index in [1.54, 1.807) is 0 Å². The van der Waals surface area contributed by atoms with Gasteiger partial charge in [0.15, 0.2) is 0 Å². The molecule has 2 amide bonds. The second kappa shape index (κ2) is 9.78. The first-order valence-electron chi connectivity index (χ1n) is 9.60. The minimum Gasteiger partial charge on any atom is -0.381 e. The summed E-state index contributed by atoms with van der Waals surface area (Å²) in [5, 5.41) is 6.10. The first-order chi connectivity index (χ1) is 12.3. The monoisotopic (exact) mass is 346 g/mol. The minimum absolute atomic E-state index is 0.0779. The zero-order valence-corrected chi connectivity index (χ0v) is 15.0. The highest BCUT2D eigenvalue weighted by Crippen LogP contribution is 2.28. The van der Waals surface area contributed by atoms with E-state index in [0.717, 1.165) is 51.9 Å². The van der Waals surface area contributed by atoms with Crippen LogP contribution >= 0.6 is 0 Å². The molecule has 1 aromatic rings. The zero-order chi connectivity index (χ0) is 17.3. The number of hydrogen-bond acceptors (Lipinski definition) is 3. The Morgan fingerprint density at radius 2 is 2.16 bits per heavy atom. The lowest BCUT2D eigenvalue weighted by Crippen LogP contribution is -2.38. The fourth-order valence-corrected chi connectivity index (χ4v) is 3.62. The van der Waals surface area contributed by atoms with E-state index in [9.17, 15) is 4.79 Å². The molecule has 1 aromatic carbocycles. The maximum atomic E-state index is 12.2. The predicted octanol–water partition coefficient (Wildman–Crippen LogP) is 3.20. The van der Waals surface area contributed by atoms with Crippen LogP contribution in [-0.4, -0.2) is 39.0 Å². The number of benzene rings is 1. The summed E-state index contributed by atoms with van der Waals surface area (Å²) in [4.78, 5) is 12.2. The smallest absolute Gasteiger partial charge is 0.315 e. The summed E-state index contributed by atoms with van der Waals surface area (Å²) >= 11 is 0. The van der Waals surface area contributed by atoms with E-state index in [1.807, 2.05) is 0 Å². The highest BCUT2D eigenvalue weighted by Gasteiger charge is 2.20. The van der Waals surface area contributed by atoms with Crippen molar-refractivity contribution in [2.24, 2.45) is 5.92 Å². The molecule has 2 atom stereocenters. The van der Waals surface area contributed by atoms with Crippen molar-refractivity contribution in [3.63, 3.8) is 0 Å². The summed E-state index contributed by atoms with van der Waals surface area (Å²) in [7, 11) is 0. The number of hydrogen-bond donors (Lipinski definition) is 2. The lowest BCUT2D eigenvalue weighted by Gasteiger charge is -2.19. The Hall–Kier alpha value is -1.59. The van der Waals surface area contributed by atoms with Crippen LogP contribution in [0.5, 0.6) is 0 Å². The van der Waals surface area contributed by atoms with Gasteiger partial charge in [0.1, 0.15) is 0 Å². The molecule has 5 heteroatoms. The van der Waals surface area contributed by atoms with Gasteiger partial charge in [-0.05, 0) is 43.2 Å². The van der Waals surface area contributed by atoms with Gasteiger partial charge in [0, 0.05) is 25.7 Å². The van der Waals surface area contributed by atoms with Crippen molar-refractivity contribution in [3.8, 4) is 0 Å². The number of ether oxygens (including phenoxy) is 2. The molecule has 0 spiro atoms. The molecule has 0 unspecified atom stereocenters. The molecule has 1 aliphatic carbocycles. The molecule has 5 nitrogen and oxygen atoms in total. The van der Waals surface area contributed by atoms with Gasteiger partial charge in [0.25, 0.3) is 0 Å². The maximum absolute atomic E-state index is 12.2. The summed E-state index contributed by atoms with van der Waals surface area (Å²) in [6.45, 7) is 3.78. The summed E-state index contributed by atoms with van der Waals surface area (Å²) < 4.78 is 11.0. The van der Waals surface area contributed by atoms with E-state index >= 15 is 0 Å². The van der Waals surface area contributed by atoms with Crippen LogP contribution in [0, 0.1) is 5.92 Å². The van der Waals surface area contributed by atoms with Gasteiger partial charge in [-0.1, -0.05) is 30.7 Å². The molecule has 138 valence electrons. The van der Waals surface area contributed by atoms with Gasteiger partial charge in [-0.3, -0.25) is 0 Å². The number of nitrogens with one attached hydrogen (secondary N) is 2. The number of aryl methyl sites for hydroxylation is 1. The van der Waals surface area contributed by atoms with E-state index in [2.05, 4.69) is 34.9 Å². The Morgan fingerprint density at radius 1 is 1.24 bits per heavy atom. The van der Waals surface area contributed by atoms with Crippen molar-refractivity contribution in [2.75, 3.05) is 33.0 Å². The van der Waals surface area contributed by atoms with Gasteiger partial charge in [0.2, 0.25) is 0 Å². The lowest BCUT2D eigenvalue weighted by molar-refractivity contribution is 0.0885. The first kappa shape index (κ1) is 18.2. The average molecular weight is 346 g/mol.